The number of aromatic nitrogens is 4. The van der Waals surface area contributed by atoms with Gasteiger partial charge in [0, 0.05) is 65.9 Å². The summed E-state index contributed by atoms with van der Waals surface area (Å²) in [5.41, 5.74) is 14.7. The molecular formula is C64H46N4O4. The Bertz CT molecular complexity index is 3750. The van der Waals surface area contributed by atoms with Crippen LogP contribution < -0.4 is 18.9 Å². The van der Waals surface area contributed by atoms with Crippen molar-refractivity contribution in [3.05, 3.63) is 193 Å². The second-order valence-electron chi connectivity index (χ2n) is 17.9. The molecule has 8 aromatic carbocycles. The van der Waals surface area contributed by atoms with Crippen LogP contribution in [0.5, 0.6) is 23.0 Å². The Morgan fingerprint density at radius 1 is 0.264 bits per heavy atom. The fourth-order valence-corrected chi connectivity index (χ4v) is 11.0. The van der Waals surface area contributed by atoms with Crippen molar-refractivity contribution in [3.63, 3.8) is 0 Å². The molecule has 0 atom stereocenters. The topological polar surface area (TPSA) is 94.3 Å². The molecule has 0 amide bonds. The van der Waals surface area contributed by atoms with E-state index in [1.165, 1.54) is 0 Å². The number of methoxy groups -OCH3 is 4. The summed E-state index contributed by atoms with van der Waals surface area (Å²) in [5, 5.41) is 8.21. The number of fused-ring (bicyclic) bond motifs is 12. The highest BCUT2D eigenvalue weighted by molar-refractivity contribution is 6.12. The van der Waals surface area contributed by atoms with E-state index in [0.717, 1.165) is 155 Å². The van der Waals surface area contributed by atoms with Gasteiger partial charge in [-0.3, -0.25) is 0 Å². The van der Waals surface area contributed by atoms with Gasteiger partial charge in [0.25, 0.3) is 0 Å². The highest BCUT2D eigenvalue weighted by Crippen LogP contribution is 2.45. The first-order valence-electron chi connectivity index (χ1n) is 23.9. The Labute approximate surface area is 415 Å². The zero-order chi connectivity index (χ0) is 48.5. The molecule has 2 aliphatic rings. The quantitative estimate of drug-likeness (QED) is 0.158. The molecule has 0 unspecified atom stereocenters. The Hall–Kier alpha value is -9.40. The maximum Gasteiger partial charge on any atom is 0.126 e. The van der Waals surface area contributed by atoms with E-state index in [1.54, 1.807) is 28.4 Å². The average molecular weight is 935 g/mol. The van der Waals surface area contributed by atoms with Crippen LogP contribution in [0.1, 0.15) is 22.8 Å². The summed E-state index contributed by atoms with van der Waals surface area (Å²) >= 11 is 0. The SMILES string of the molecule is COc1ccc(-c2c3nc(c(-c4ccc(OC)c5ccccc45)c4ccc([nH]4)c(-c4ccc(OC)c5ccccc45)c4nc(c(-c5ccc(OC)c6ccccc56)c5ccc2[nH]5)C=C4)C=C3)c2ccccc12. The third-order valence-electron chi connectivity index (χ3n) is 14.2. The summed E-state index contributed by atoms with van der Waals surface area (Å²) in [5.74, 6) is 3.20. The monoisotopic (exact) mass is 934 g/mol. The minimum Gasteiger partial charge on any atom is -0.496 e. The normalized spacial score (nSPS) is 12.1. The molecule has 5 heterocycles. The van der Waals surface area contributed by atoms with Crippen LogP contribution in [0.15, 0.2) is 170 Å². The fraction of sp³-hybridized carbons (Fsp3) is 0.0625. The predicted octanol–water partition coefficient (Wildman–Crippen LogP) is 16.0. The van der Waals surface area contributed by atoms with Crippen molar-refractivity contribution in [1.29, 1.82) is 0 Å². The van der Waals surface area contributed by atoms with Crippen LogP contribution in [0.25, 0.3) is 134 Å². The lowest BCUT2D eigenvalue weighted by molar-refractivity contribution is 0.420. The smallest absolute Gasteiger partial charge is 0.126 e. The van der Waals surface area contributed by atoms with Crippen LogP contribution in [0, 0.1) is 0 Å². The number of hydrogen-bond donors (Lipinski definition) is 2. The Morgan fingerprint density at radius 2 is 0.486 bits per heavy atom. The first-order chi connectivity index (χ1) is 35.5. The molecule has 8 nitrogen and oxygen atoms in total. The van der Waals surface area contributed by atoms with Gasteiger partial charge in [0.2, 0.25) is 0 Å². The number of rotatable bonds is 8. The molecule has 8 heteroatoms. The van der Waals surface area contributed by atoms with Gasteiger partial charge < -0.3 is 28.9 Å². The largest absolute Gasteiger partial charge is 0.496 e. The molecule has 0 spiro atoms. The maximum absolute atomic E-state index is 5.94. The van der Waals surface area contributed by atoms with Crippen molar-refractivity contribution in [2.45, 2.75) is 0 Å². The summed E-state index contributed by atoms with van der Waals surface area (Å²) in [7, 11) is 6.88. The van der Waals surface area contributed by atoms with Gasteiger partial charge in [-0.15, -0.1) is 0 Å². The van der Waals surface area contributed by atoms with Crippen LogP contribution in [-0.2, 0) is 0 Å². The van der Waals surface area contributed by atoms with E-state index in [9.17, 15) is 0 Å². The van der Waals surface area contributed by atoms with Gasteiger partial charge in [-0.25, -0.2) is 9.97 Å². The Morgan fingerprint density at radius 3 is 0.708 bits per heavy atom. The van der Waals surface area contributed by atoms with E-state index in [4.69, 9.17) is 28.9 Å². The van der Waals surface area contributed by atoms with E-state index in [0.29, 0.717) is 0 Å². The first kappa shape index (κ1) is 42.7. The van der Waals surface area contributed by atoms with Crippen LogP contribution in [0.3, 0.4) is 0 Å². The van der Waals surface area contributed by atoms with Crippen molar-refractivity contribution in [1.82, 2.24) is 19.9 Å². The number of ether oxygens (including phenoxy) is 4. The number of hydrogen-bond acceptors (Lipinski definition) is 6. The molecule has 3 aromatic heterocycles. The first-order valence-corrected chi connectivity index (χ1v) is 23.9. The van der Waals surface area contributed by atoms with Gasteiger partial charge in [-0.05, 0) is 141 Å². The van der Waals surface area contributed by atoms with Crippen LogP contribution >= 0.6 is 0 Å². The zero-order valence-corrected chi connectivity index (χ0v) is 40.0. The molecule has 0 aliphatic carbocycles. The van der Waals surface area contributed by atoms with Crippen molar-refractivity contribution in [2.75, 3.05) is 28.4 Å². The molecule has 0 saturated heterocycles. The number of H-pyrrole nitrogens is 2. The van der Waals surface area contributed by atoms with Crippen molar-refractivity contribution >= 4 is 89.5 Å². The molecule has 346 valence electrons. The number of nitrogens with zero attached hydrogens (tertiary/aromatic N) is 2. The minimum atomic E-state index is 0.801. The Kier molecular flexibility index (Phi) is 10.2. The summed E-state index contributed by atoms with van der Waals surface area (Å²) in [6.45, 7) is 0. The molecule has 72 heavy (non-hydrogen) atoms. The van der Waals surface area contributed by atoms with Gasteiger partial charge in [0.05, 0.1) is 51.2 Å². The van der Waals surface area contributed by atoms with Crippen LogP contribution in [0.2, 0.25) is 0 Å². The second-order valence-corrected chi connectivity index (χ2v) is 17.9. The standard InChI is InChI=1S/C64H46N4O4/c1-69-57-33-21-45(37-13-5-9-17-41(37)57)61-49-25-27-51(65-49)62(46-22-34-58(70-2)42-18-10-6-14-38(42)46)53-29-31-55(67-53)64(48-24-36-60(72-4)44-20-12-8-16-40(44)48)56-32-30-54(68-56)63(52-28-26-50(61)66-52)47-23-35-59(71-3)43-19-11-7-15-39(43)47/h5-36,65,68H,1-4H3. The van der Waals surface area contributed by atoms with Crippen LogP contribution in [-0.4, -0.2) is 48.4 Å². The van der Waals surface area contributed by atoms with Crippen molar-refractivity contribution < 1.29 is 18.9 Å². The lowest BCUT2D eigenvalue weighted by Crippen LogP contribution is -1.93. The number of benzene rings is 8. The van der Waals surface area contributed by atoms with Gasteiger partial charge in [-0.2, -0.15) is 0 Å². The van der Waals surface area contributed by atoms with Gasteiger partial charge in [-0.1, -0.05) is 97.1 Å². The molecule has 2 aliphatic heterocycles. The lowest BCUT2D eigenvalue weighted by atomic mass is 9.96. The van der Waals surface area contributed by atoms with Gasteiger partial charge in [0.1, 0.15) is 23.0 Å². The Balaban J connectivity index is 1.24. The minimum absolute atomic E-state index is 0.801. The van der Waals surface area contributed by atoms with E-state index >= 15 is 0 Å². The fourth-order valence-electron chi connectivity index (χ4n) is 11.0. The van der Waals surface area contributed by atoms with E-state index in [2.05, 4.69) is 204 Å². The van der Waals surface area contributed by atoms with E-state index < -0.39 is 0 Å². The summed E-state index contributed by atoms with van der Waals surface area (Å²) in [6.07, 6.45) is 8.58. The molecule has 13 rings (SSSR count). The molecule has 0 saturated carbocycles. The molecule has 11 aromatic rings. The molecule has 0 radical (unpaired) electrons. The van der Waals surface area contributed by atoms with Gasteiger partial charge >= 0.3 is 0 Å². The molecule has 0 fully saturated rings. The number of nitrogens with one attached hydrogen (secondary N) is 2. The van der Waals surface area contributed by atoms with E-state index in [-0.39, 0.29) is 0 Å². The molecule has 8 bridgehead atoms. The third-order valence-corrected chi connectivity index (χ3v) is 14.2. The number of aromatic amines is 2. The third kappa shape index (κ3) is 6.75. The second kappa shape index (κ2) is 17.2. The predicted molar refractivity (Wildman–Crippen MR) is 297 cm³/mol. The van der Waals surface area contributed by atoms with Crippen LogP contribution in [0.4, 0.5) is 0 Å². The van der Waals surface area contributed by atoms with Crippen molar-refractivity contribution in [3.8, 4) is 67.5 Å². The highest BCUT2D eigenvalue weighted by atomic mass is 16.5. The van der Waals surface area contributed by atoms with Gasteiger partial charge in [0.15, 0.2) is 0 Å². The van der Waals surface area contributed by atoms with Crippen molar-refractivity contribution in [2.24, 2.45) is 0 Å². The summed E-state index contributed by atoms with van der Waals surface area (Å²) in [6, 6.07) is 59.1. The van der Waals surface area contributed by atoms with E-state index in [1.807, 2.05) is 0 Å². The maximum atomic E-state index is 5.94. The zero-order valence-electron chi connectivity index (χ0n) is 40.0. The molecule has 2 N–H and O–H groups in total. The summed E-state index contributed by atoms with van der Waals surface area (Å²) < 4.78 is 23.7. The molecular weight excluding hydrogens is 889 g/mol. The highest BCUT2D eigenvalue weighted by Gasteiger charge is 2.23. The average Bonchev–Trinajstić information content (AvgIpc) is 4.30. The lowest BCUT2D eigenvalue weighted by Gasteiger charge is -2.13. The summed E-state index contributed by atoms with van der Waals surface area (Å²) in [4.78, 5) is 19.3.